The number of carbonyl (C=O) groups excluding carboxylic acids is 1. The Morgan fingerprint density at radius 2 is 2.19 bits per heavy atom. The van der Waals surface area contributed by atoms with Gasteiger partial charge in [0.25, 0.3) is 5.91 Å². The minimum atomic E-state index is -0.0565. The smallest absolute Gasteiger partial charge is 0.255 e. The molecular formula is C18H14N6O2. The van der Waals surface area contributed by atoms with Crippen molar-refractivity contribution in [3.05, 3.63) is 66.2 Å². The summed E-state index contributed by atoms with van der Waals surface area (Å²) in [6.45, 7) is 1.01. The van der Waals surface area contributed by atoms with E-state index in [0.29, 0.717) is 36.6 Å². The third-order valence-electron chi connectivity index (χ3n) is 4.44. The van der Waals surface area contributed by atoms with Crippen LogP contribution in [-0.2, 0) is 13.0 Å². The molecule has 0 saturated heterocycles. The van der Waals surface area contributed by atoms with Crippen LogP contribution in [0.3, 0.4) is 0 Å². The second kappa shape index (κ2) is 5.76. The number of carbonyl (C=O) groups is 1. The molecule has 0 radical (unpaired) electrons. The summed E-state index contributed by atoms with van der Waals surface area (Å²) < 4.78 is 7.46. The Balaban J connectivity index is 1.41. The highest BCUT2D eigenvalue weighted by Crippen LogP contribution is 2.26. The summed E-state index contributed by atoms with van der Waals surface area (Å²) in [5.41, 5.74) is 2.91. The second-order valence-electron chi connectivity index (χ2n) is 6.09. The van der Waals surface area contributed by atoms with Crippen LogP contribution >= 0.6 is 0 Å². The van der Waals surface area contributed by atoms with Gasteiger partial charge >= 0.3 is 0 Å². The molecule has 0 unspecified atom stereocenters. The summed E-state index contributed by atoms with van der Waals surface area (Å²) in [7, 11) is 0. The number of fused-ring (bicyclic) bond motifs is 2. The first-order chi connectivity index (χ1) is 12.8. The van der Waals surface area contributed by atoms with Crippen molar-refractivity contribution in [3.63, 3.8) is 0 Å². The maximum Gasteiger partial charge on any atom is 0.255 e. The largest absolute Gasteiger partial charge is 0.441 e. The number of aromatic nitrogens is 5. The molecule has 0 bridgehead atoms. The van der Waals surface area contributed by atoms with E-state index in [0.717, 1.165) is 17.0 Å². The van der Waals surface area contributed by atoms with E-state index in [1.807, 2.05) is 12.1 Å². The van der Waals surface area contributed by atoms with Crippen molar-refractivity contribution in [1.29, 1.82) is 0 Å². The summed E-state index contributed by atoms with van der Waals surface area (Å²) in [6.07, 6.45) is 7.22. The van der Waals surface area contributed by atoms with Gasteiger partial charge < -0.3 is 9.32 Å². The molecule has 1 amide bonds. The minimum absolute atomic E-state index is 0.0565. The lowest BCUT2D eigenvalue weighted by molar-refractivity contribution is 0.0727. The predicted octanol–water partition coefficient (Wildman–Crippen LogP) is 1.98. The lowest BCUT2D eigenvalue weighted by Gasteiger charge is -2.25. The number of pyridine rings is 2. The number of hydrogen-bond acceptors (Lipinski definition) is 6. The van der Waals surface area contributed by atoms with Crippen LogP contribution in [0.5, 0.6) is 0 Å². The van der Waals surface area contributed by atoms with Gasteiger partial charge in [0, 0.05) is 31.6 Å². The zero-order valence-electron chi connectivity index (χ0n) is 13.7. The first kappa shape index (κ1) is 14.8. The molecule has 5 heterocycles. The van der Waals surface area contributed by atoms with Crippen molar-refractivity contribution in [2.75, 3.05) is 6.54 Å². The van der Waals surface area contributed by atoms with Crippen molar-refractivity contribution >= 4 is 11.6 Å². The van der Waals surface area contributed by atoms with Gasteiger partial charge in [0.1, 0.15) is 17.8 Å². The molecule has 0 aliphatic carbocycles. The fourth-order valence-electron chi connectivity index (χ4n) is 3.11. The molecule has 0 fully saturated rings. The standard InChI is InChI=1S/C18H14N6O2/c25-18(13-3-4-16-20-11-21-24(16)9-13)23-7-5-15-14(10-23)22-17(26-15)12-2-1-6-19-8-12/h1-4,6,8-9,11H,5,7,10H2. The van der Waals surface area contributed by atoms with E-state index in [1.54, 1.807) is 40.1 Å². The van der Waals surface area contributed by atoms with Gasteiger partial charge in [-0.1, -0.05) is 0 Å². The molecule has 0 N–H and O–H groups in total. The lowest BCUT2D eigenvalue weighted by atomic mass is 10.1. The van der Waals surface area contributed by atoms with Crippen LogP contribution in [0.15, 0.2) is 53.6 Å². The Labute approximate surface area is 148 Å². The molecule has 128 valence electrons. The molecule has 8 nitrogen and oxygen atoms in total. The molecule has 8 heteroatoms. The van der Waals surface area contributed by atoms with E-state index >= 15 is 0 Å². The molecule has 0 atom stereocenters. The highest BCUT2D eigenvalue weighted by molar-refractivity contribution is 5.94. The van der Waals surface area contributed by atoms with Crippen molar-refractivity contribution in [1.82, 2.24) is 29.5 Å². The Morgan fingerprint density at radius 3 is 3.08 bits per heavy atom. The molecule has 1 aliphatic rings. The number of oxazole rings is 1. The van der Waals surface area contributed by atoms with E-state index in [-0.39, 0.29) is 5.91 Å². The maximum atomic E-state index is 12.8. The van der Waals surface area contributed by atoms with Crippen molar-refractivity contribution in [2.24, 2.45) is 0 Å². The minimum Gasteiger partial charge on any atom is -0.441 e. The number of hydrogen-bond donors (Lipinski definition) is 0. The quantitative estimate of drug-likeness (QED) is 0.551. The highest BCUT2D eigenvalue weighted by atomic mass is 16.4. The second-order valence-corrected chi connectivity index (χ2v) is 6.09. The highest BCUT2D eigenvalue weighted by Gasteiger charge is 2.26. The van der Waals surface area contributed by atoms with Gasteiger partial charge in [0.05, 0.1) is 17.7 Å². The van der Waals surface area contributed by atoms with Gasteiger partial charge in [-0.05, 0) is 24.3 Å². The summed E-state index contributed by atoms with van der Waals surface area (Å²) in [4.78, 5) is 27.4. The fraction of sp³-hybridized carbons (Fsp3) is 0.167. The van der Waals surface area contributed by atoms with Crippen LogP contribution in [-0.4, -0.2) is 41.9 Å². The molecule has 5 rings (SSSR count). The maximum absolute atomic E-state index is 12.8. The zero-order chi connectivity index (χ0) is 17.5. The number of amides is 1. The molecule has 0 spiro atoms. The summed E-state index contributed by atoms with van der Waals surface area (Å²) in [5, 5.41) is 4.08. The predicted molar refractivity (Wildman–Crippen MR) is 91.2 cm³/mol. The van der Waals surface area contributed by atoms with Crippen LogP contribution in [0.4, 0.5) is 0 Å². The first-order valence-electron chi connectivity index (χ1n) is 8.25. The van der Waals surface area contributed by atoms with E-state index < -0.39 is 0 Å². The first-order valence-corrected chi connectivity index (χ1v) is 8.25. The Kier molecular flexibility index (Phi) is 3.27. The Hall–Kier alpha value is -3.55. The molecule has 26 heavy (non-hydrogen) atoms. The number of nitrogens with zero attached hydrogens (tertiary/aromatic N) is 6. The van der Waals surface area contributed by atoms with E-state index in [2.05, 4.69) is 20.1 Å². The summed E-state index contributed by atoms with van der Waals surface area (Å²) in [5.74, 6) is 1.32. The van der Waals surface area contributed by atoms with Crippen molar-refractivity contribution in [2.45, 2.75) is 13.0 Å². The normalized spacial score (nSPS) is 13.8. The van der Waals surface area contributed by atoms with Gasteiger partial charge in [-0.25, -0.2) is 14.5 Å². The van der Waals surface area contributed by atoms with Gasteiger partial charge in [-0.2, -0.15) is 5.10 Å². The van der Waals surface area contributed by atoms with Crippen LogP contribution in [0.2, 0.25) is 0 Å². The molecule has 4 aromatic rings. The van der Waals surface area contributed by atoms with Crippen LogP contribution in [0.1, 0.15) is 21.8 Å². The average molecular weight is 346 g/mol. The molecule has 0 aromatic carbocycles. The van der Waals surface area contributed by atoms with Crippen LogP contribution < -0.4 is 0 Å². The fourth-order valence-corrected chi connectivity index (χ4v) is 3.11. The van der Waals surface area contributed by atoms with Crippen LogP contribution in [0.25, 0.3) is 17.1 Å². The summed E-state index contributed by atoms with van der Waals surface area (Å²) in [6, 6.07) is 7.30. The van der Waals surface area contributed by atoms with Crippen LogP contribution in [0, 0.1) is 0 Å². The molecular weight excluding hydrogens is 332 g/mol. The monoisotopic (exact) mass is 346 g/mol. The average Bonchev–Trinajstić information content (AvgIpc) is 3.33. The molecule has 4 aromatic heterocycles. The third kappa shape index (κ3) is 2.43. The summed E-state index contributed by atoms with van der Waals surface area (Å²) >= 11 is 0. The number of rotatable bonds is 2. The van der Waals surface area contributed by atoms with Gasteiger partial charge in [-0.15, -0.1) is 0 Å². The van der Waals surface area contributed by atoms with E-state index in [1.165, 1.54) is 6.33 Å². The molecule has 0 saturated carbocycles. The SMILES string of the molecule is O=C(c1ccc2ncnn2c1)N1CCc2oc(-c3cccnc3)nc2C1. The third-order valence-corrected chi connectivity index (χ3v) is 4.44. The van der Waals surface area contributed by atoms with Gasteiger partial charge in [-0.3, -0.25) is 9.78 Å². The van der Waals surface area contributed by atoms with Gasteiger partial charge in [0.15, 0.2) is 5.65 Å². The zero-order valence-corrected chi connectivity index (χ0v) is 13.7. The Morgan fingerprint density at radius 1 is 1.23 bits per heavy atom. The van der Waals surface area contributed by atoms with Crippen molar-refractivity contribution < 1.29 is 9.21 Å². The van der Waals surface area contributed by atoms with E-state index in [9.17, 15) is 4.79 Å². The Bertz CT molecular complexity index is 1100. The van der Waals surface area contributed by atoms with E-state index in [4.69, 9.17) is 4.42 Å². The van der Waals surface area contributed by atoms with Gasteiger partial charge in [0.2, 0.25) is 5.89 Å². The topological polar surface area (TPSA) is 89.4 Å². The lowest BCUT2D eigenvalue weighted by Crippen LogP contribution is -2.35. The molecule has 1 aliphatic heterocycles. The van der Waals surface area contributed by atoms with Crippen molar-refractivity contribution in [3.8, 4) is 11.5 Å².